The van der Waals surface area contributed by atoms with E-state index in [1.54, 1.807) is 0 Å². The number of aliphatic hydroxyl groups is 1. The zero-order chi connectivity index (χ0) is 10.1. The highest BCUT2D eigenvalue weighted by atomic mass is 35.5. The fourth-order valence-corrected chi connectivity index (χ4v) is 3.03. The average molecular weight is 228 g/mol. The van der Waals surface area contributed by atoms with Gasteiger partial charge in [-0.3, -0.25) is 4.79 Å². The van der Waals surface area contributed by atoms with Crippen LogP contribution in [0.4, 0.5) is 0 Å². The number of amides is 1. The van der Waals surface area contributed by atoms with Crippen LogP contribution in [0.3, 0.4) is 0 Å². The van der Waals surface area contributed by atoms with E-state index in [2.05, 4.69) is 5.32 Å². The Morgan fingerprint density at radius 1 is 1.54 bits per heavy atom. The van der Waals surface area contributed by atoms with E-state index in [1.807, 2.05) is 0 Å². The lowest BCUT2D eigenvalue weighted by Gasteiger charge is -2.13. The van der Waals surface area contributed by atoms with Crippen molar-refractivity contribution in [1.29, 1.82) is 0 Å². The first-order chi connectivity index (χ1) is 5.94. The van der Waals surface area contributed by atoms with Crippen molar-refractivity contribution in [1.82, 2.24) is 5.32 Å². The van der Waals surface area contributed by atoms with Gasteiger partial charge in [0.1, 0.15) is 5.88 Å². The first-order valence-corrected chi connectivity index (χ1v) is 6.04. The Morgan fingerprint density at radius 2 is 2.15 bits per heavy atom. The van der Waals surface area contributed by atoms with Crippen molar-refractivity contribution in [3.05, 3.63) is 0 Å². The molecule has 0 aromatic rings. The van der Waals surface area contributed by atoms with Crippen molar-refractivity contribution in [2.45, 2.75) is 12.1 Å². The van der Waals surface area contributed by atoms with E-state index in [0.29, 0.717) is 0 Å². The van der Waals surface area contributed by atoms with Gasteiger partial charge in [-0.25, -0.2) is 8.42 Å². The normalized spacial score (nSPS) is 31.5. The zero-order valence-corrected chi connectivity index (χ0v) is 8.31. The highest BCUT2D eigenvalue weighted by molar-refractivity contribution is 7.91. The molecule has 1 aliphatic rings. The van der Waals surface area contributed by atoms with Crippen molar-refractivity contribution >= 4 is 27.3 Å². The van der Waals surface area contributed by atoms with Gasteiger partial charge in [0.05, 0.1) is 23.7 Å². The van der Waals surface area contributed by atoms with Crippen LogP contribution in [0.25, 0.3) is 0 Å². The number of hydrogen-bond donors (Lipinski definition) is 2. The van der Waals surface area contributed by atoms with E-state index in [1.165, 1.54) is 0 Å². The van der Waals surface area contributed by atoms with Crippen LogP contribution >= 0.6 is 11.6 Å². The number of nitrogens with one attached hydrogen (secondary N) is 1. The van der Waals surface area contributed by atoms with Crippen LogP contribution < -0.4 is 5.32 Å². The molecule has 1 heterocycles. The van der Waals surface area contributed by atoms with Gasteiger partial charge in [0, 0.05) is 0 Å². The lowest BCUT2D eigenvalue weighted by molar-refractivity contribution is -0.119. The molecule has 13 heavy (non-hydrogen) atoms. The molecule has 1 aliphatic heterocycles. The van der Waals surface area contributed by atoms with E-state index in [9.17, 15) is 18.3 Å². The van der Waals surface area contributed by atoms with E-state index < -0.39 is 27.9 Å². The van der Waals surface area contributed by atoms with Gasteiger partial charge in [-0.2, -0.15) is 0 Å². The summed E-state index contributed by atoms with van der Waals surface area (Å²) < 4.78 is 22.0. The third kappa shape index (κ3) is 2.82. The summed E-state index contributed by atoms with van der Waals surface area (Å²) >= 11 is 5.21. The Kier molecular flexibility index (Phi) is 3.15. The van der Waals surface area contributed by atoms with Crippen LogP contribution in [0.2, 0.25) is 0 Å². The molecule has 0 aromatic carbocycles. The number of halogens is 1. The number of carbonyl (C=O) groups excluding carboxylic acids is 1. The van der Waals surface area contributed by atoms with E-state index >= 15 is 0 Å². The second-order valence-electron chi connectivity index (χ2n) is 2.95. The first kappa shape index (κ1) is 10.7. The molecular weight excluding hydrogens is 218 g/mol. The van der Waals surface area contributed by atoms with Gasteiger partial charge >= 0.3 is 0 Å². The maximum absolute atomic E-state index is 11.0. The standard InChI is InChI=1S/C6H10ClNO4S/c7-1-6(10)8-4-2-13(11,12)3-5(4)9/h4-5,9H,1-3H2,(H,8,10)/t4-,5+/m0/s1. The summed E-state index contributed by atoms with van der Waals surface area (Å²) in [5, 5.41) is 11.6. The minimum Gasteiger partial charge on any atom is -0.390 e. The third-order valence-electron chi connectivity index (χ3n) is 1.79. The lowest BCUT2D eigenvalue weighted by Crippen LogP contribution is -2.43. The molecule has 0 spiro atoms. The quantitative estimate of drug-likeness (QED) is 0.563. The van der Waals surface area contributed by atoms with E-state index in [0.717, 1.165) is 0 Å². The van der Waals surface area contributed by atoms with Crippen molar-refractivity contribution in [2.24, 2.45) is 0 Å². The van der Waals surface area contributed by atoms with E-state index in [4.69, 9.17) is 11.6 Å². The second kappa shape index (κ2) is 3.81. The van der Waals surface area contributed by atoms with Gasteiger partial charge in [-0.15, -0.1) is 11.6 Å². The Hall–Kier alpha value is -0.330. The van der Waals surface area contributed by atoms with Crippen molar-refractivity contribution in [3.63, 3.8) is 0 Å². The van der Waals surface area contributed by atoms with Gasteiger partial charge < -0.3 is 10.4 Å². The molecule has 2 N–H and O–H groups in total. The average Bonchev–Trinajstić information content (AvgIpc) is 2.24. The van der Waals surface area contributed by atoms with Gasteiger partial charge in [-0.1, -0.05) is 0 Å². The molecule has 1 rings (SSSR count). The maximum atomic E-state index is 11.0. The van der Waals surface area contributed by atoms with Crippen LogP contribution in [-0.2, 0) is 14.6 Å². The fourth-order valence-electron chi connectivity index (χ4n) is 1.21. The molecule has 1 saturated heterocycles. The third-order valence-corrected chi connectivity index (χ3v) is 3.75. The molecular formula is C6H10ClNO4S. The first-order valence-electron chi connectivity index (χ1n) is 3.68. The number of hydrogen-bond acceptors (Lipinski definition) is 4. The minimum absolute atomic E-state index is 0.212. The van der Waals surface area contributed by atoms with Crippen LogP contribution in [-0.4, -0.2) is 49.0 Å². The summed E-state index contributed by atoms with van der Waals surface area (Å²) in [4.78, 5) is 10.8. The molecule has 0 saturated carbocycles. The maximum Gasteiger partial charge on any atom is 0.235 e. The molecule has 7 heteroatoms. The monoisotopic (exact) mass is 227 g/mol. The Labute approximate surface area is 81.0 Å². The minimum atomic E-state index is -3.21. The van der Waals surface area contributed by atoms with Crippen LogP contribution in [0.5, 0.6) is 0 Å². The van der Waals surface area contributed by atoms with Crippen LogP contribution in [0.1, 0.15) is 0 Å². The zero-order valence-electron chi connectivity index (χ0n) is 6.73. The van der Waals surface area contributed by atoms with Gasteiger partial charge in [0.25, 0.3) is 0 Å². The van der Waals surface area contributed by atoms with E-state index in [-0.39, 0.29) is 17.4 Å². The van der Waals surface area contributed by atoms with Crippen LogP contribution in [0.15, 0.2) is 0 Å². The number of rotatable bonds is 2. The summed E-state index contributed by atoms with van der Waals surface area (Å²) in [6, 6.07) is -0.712. The predicted octanol–water partition coefficient (Wildman–Crippen LogP) is -1.50. The summed E-state index contributed by atoms with van der Waals surface area (Å²) in [6.07, 6.45) is -1.02. The largest absolute Gasteiger partial charge is 0.390 e. The summed E-state index contributed by atoms with van der Waals surface area (Å²) in [5.74, 6) is -1.21. The topological polar surface area (TPSA) is 83.5 Å². The highest BCUT2D eigenvalue weighted by Crippen LogP contribution is 2.12. The number of aliphatic hydroxyl groups excluding tert-OH is 1. The molecule has 1 amide bonds. The van der Waals surface area contributed by atoms with Crippen molar-refractivity contribution in [3.8, 4) is 0 Å². The molecule has 0 aromatic heterocycles. The summed E-state index contributed by atoms with van der Waals surface area (Å²) in [5.41, 5.74) is 0. The Morgan fingerprint density at radius 3 is 2.54 bits per heavy atom. The van der Waals surface area contributed by atoms with Crippen LogP contribution in [0, 0.1) is 0 Å². The molecule has 0 bridgehead atoms. The summed E-state index contributed by atoms with van der Waals surface area (Å²) in [6.45, 7) is 0. The molecule has 76 valence electrons. The van der Waals surface area contributed by atoms with Crippen molar-refractivity contribution in [2.75, 3.05) is 17.4 Å². The Balaban J connectivity index is 2.59. The Bertz CT molecular complexity index is 302. The molecule has 5 nitrogen and oxygen atoms in total. The molecule has 0 unspecified atom stereocenters. The molecule has 2 atom stereocenters. The number of carbonyl (C=O) groups is 1. The smallest absolute Gasteiger partial charge is 0.235 e. The van der Waals surface area contributed by atoms with Crippen molar-refractivity contribution < 1.29 is 18.3 Å². The second-order valence-corrected chi connectivity index (χ2v) is 5.37. The van der Waals surface area contributed by atoms with Gasteiger partial charge in [0.2, 0.25) is 5.91 Å². The molecule has 0 radical (unpaired) electrons. The summed E-state index contributed by atoms with van der Waals surface area (Å²) in [7, 11) is -3.21. The highest BCUT2D eigenvalue weighted by Gasteiger charge is 2.36. The number of sulfone groups is 1. The lowest BCUT2D eigenvalue weighted by atomic mass is 10.2. The molecule has 1 fully saturated rings. The van der Waals surface area contributed by atoms with Gasteiger partial charge in [0.15, 0.2) is 9.84 Å². The molecule has 0 aliphatic carbocycles. The predicted molar refractivity (Wildman–Crippen MR) is 47.3 cm³/mol. The SMILES string of the molecule is O=C(CCl)N[C@H]1CS(=O)(=O)C[C@H]1O. The fraction of sp³-hybridized carbons (Fsp3) is 0.833. The van der Waals surface area contributed by atoms with Gasteiger partial charge in [-0.05, 0) is 0 Å². The number of alkyl halides is 1.